The summed E-state index contributed by atoms with van der Waals surface area (Å²) in [5.41, 5.74) is 0.470. The van der Waals surface area contributed by atoms with Crippen molar-refractivity contribution in [3.63, 3.8) is 0 Å². The first-order valence-corrected chi connectivity index (χ1v) is 10.2. The molecule has 2 amide bonds. The minimum Gasteiger partial charge on any atom is -0.337 e. The average Bonchev–Trinajstić information content (AvgIpc) is 3.01. The monoisotopic (exact) mass is 395 g/mol. The average molecular weight is 395 g/mol. The Bertz CT molecular complexity index is 1010. The highest BCUT2D eigenvalue weighted by molar-refractivity contribution is 5.95. The van der Waals surface area contributed by atoms with Gasteiger partial charge in [0.2, 0.25) is 11.5 Å². The van der Waals surface area contributed by atoms with Gasteiger partial charge in [-0.05, 0) is 31.4 Å². The number of pyridine rings is 1. The summed E-state index contributed by atoms with van der Waals surface area (Å²) >= 11 is 0. The lowest BCUT2D eigenvalue weighted by molar-refractivity contribution is -0.130. The smallest absolute Gasteiger partial charge is 0.255 e. The summed E-state index contributed by atoms with van der Waals surface area (Å²) in [4.78, 5) is 41.3. The number of rotatable bonds is 5. The number of aromatic nitrogens is 3. The van der Waals surface area contributed by atoms with E-state index in [0.29, 0.717) is 18.5 Å². The molecule has 0 N–H and O–H groups in total. The Morgan fingerprint density at radius 1 is 1.21 bits per heavy atom. The van der Waals surface area contributed by atoms with E-state index in [4.69, 9.17) is 0 Å². The third-order valence-corrected chi connectivity index (χ3v) is 6.73. The molecule has 8 nitrogen and oxygen atoms in total. The van der Waals surface area contributed by atoms with Gasteiger partial charge in [-0.15, -0.1) is 0 Å². The van der Waals surface area contributed by atoms with E-state index in [1.807, 2.05) is 26.7 Å². The number of amides is 2. The van der Waals surface area contributed by atoms with Crippen LogP contribution in [0.4, 0.5) is 0 Å². The predicted molar refractivity (Wildman–Crippen MR) is 105 cm³/mol. The molecule has 152 valence electrons. The van der Waals surface area contributed by atoms with Crippen LogP contribution in [-0.4, -0.2) is 61.1 Å². The third kappa shape index (κ3) is 3.16. The number of likely N-dealkylation sites (tertiary alicyclic amines) is 2. The van der Waals surface area contributed by atoms with E-state index in [9.17, 15) is 14.4 Å². The Morgan fingerprint density at radius 3 is 2.72 bits per heavy atom. The maximum atomic E-state index is 13.0. The van der Waals surface area contributed by atoms with Crippen LogP contribution in [0.3, 0.4) is 0 Å². The summed E-state index contributed by atoms with van der Waals surface area (Å²) < 4.78 is 3.37. The number of carbonyl (C=O) groups is 2. The molecule has 1 saturated carbocycles. The van der Waals surface area contributed by atoms with Gasteiger partial charge >= 0.3 is 0 Å². The van der Waals surface area contributed by atoms with Gasteiger partial charge in [0.1, 0.15) is 0 Å². The standard InChI is InChI=1S/C21H25N5O3/c1-23-12-15(3-4-18(23)27)20(29)25-10-5-16-17(25)11-19(28)26(16)14-21(6-7-21)13-24-9-2-8-22-24/h2-4,8-9,12,16-17H,5-7,10-11,13-14H2,1H3/t16-,17-/m0/s1. The van der Waals surface area contributed by atoms with Crippen LogP contribution < -0.4 is 5.56 Å². The first-order chi connectivity index (χ1) is 14.0. The molecule has 4 heterocycles. The largest absolute Gasteiger partial charge is 0.337 e. The van der Waals surface area contributed by atoms with Crippen LogP contribution in [0.2, 0.25) is 0 Å². The molecule has 2 aliphatic heterocycles. The third-order valence-electron chi connectivity index (χ3n) is 6.73. The minimum atomic E-state index is -0.144. The lowest BCUT2D eigenvalue weighted by Gasteiger charge is -2.29. The molecule has 3 aliphatic rings. The molecule has 5 rings (SSSR count). The highest BCUT2D eigenvalue weighted by Crippen LogP contribution is 2.49. The van der Waals surface area contributed by atoms with Crippen LogP contribution in [-0.2, 0) is 18.4 Å². The maximum absolute atomic E-state index is 13.0. The van der Waals surface area contributed by atoms with Crippen LogP contribution >= 0.6 is 0 Å². The number of aryl methyl sites for hydroxylation is 1. The fourth-order valence-electron chi connectivity index (χ4n) is 4.91. The van der Waals surface area contributed by atoms with E-state index in [0.717, 1.165) is 32.4 Å². The highest BCUT2D eigenvalue weighted by Gasteiger charge is 2.53. The van der Waals surface area contributed by atoms with Crippen molar-refractivity contribution in [3.05, 3.63) is 52.7 Å². The van der Waals surface area contributed by atoms with E-state index in [1.165, 1.54) is 10.6 Å². The molecule has 1 aliphatic carbocycles. The predicted octanol–water partition coefficient (Wildman–Crippen LogP) is 0.878. The number of nitrogens with zero attached hydrogens (tertiary/aromatic N) is 5. The van der Waals surface area contributed by atoms with Crippen molar-refractivity contribution in [1.29, 1.82) is 0 Å². The van der Waals surface area contributed by atoms with E-state index < -0.39 is 0 Å². The van der Waals surface area contributed by atoms with Crippen LogP contribution in [0.1, 0.15) is 36.0 Å². The highest BCUT2D eigenvalue weighted by atomic mass is 16.2. The fourth-order valence-corrected chi connectivity index (χ4v) is 4.91. The number of carbonyl (C=O) groups excluding carboxylic acids is 2. The molecule has 0 aromatic carbocycles. The molecular formula is C21H25N5O3. The van der Waals surface area contributed by atoms with Crippen LogP contribution in [0, 0.1) is 5.41 Å². The van der Waals surface area contributed by atoms with Crippen molar-refractivity contribution in [2.24, 2.45) is 12.5 Å². The summed E-state index contributed by atoms with van der Waals surface area (Å²) in [6.07, 6.45) is 8.75. The zero-order valence-corrected chi connectivity index (χ0v) is 16.5. The van der Waals surface area contributed by atoms with Gasteiger partial charge in [-0.25, -0.2) is 0 Å². The lowest BCUT2D eigenvalue weighted by Crippen LogP contribution is -2.42. The first-order valence-electron chi connectivity index (χ1n) is 10.2. The fraction of sp³-hybridized carbons (Fsp3) is 0.524. The van der Waals surface area contributed by atoms with Crippen molar-refractivity contribution >= 4 is 11.8 Å². The van der Waals surface area contributed by atoms with Gasteiger partial charge in [0.05, 0.1) is 17.6 Å². The van der Waals surface area contributed by atoms with Crippen LogP contribution in [0.25, 0.3) is 0 Å². The maximum Gasteiger partial charge on any atom is 0.255 e. The molecule has 0 spiro atoms. The zero-order chi connectivity index (χ0) is 20.2. The Morgan fingerprint density at radius 2 is 2.03 bits per heavy atom. The summed E-state index contributed by atoms with van der Waals surface area (Å²) in [7, 11) is 1.64. The molecule has 29 heavy (non-hydrogen) atoms. The summed E-state index contributed by atoms with van der Waals surface area (Å²) in [5, 5.41) is 4.32. The van der Waals surface area contributed by atoms with Crippen LogP contribution in [0.5, 0.6) is 0 Å². The van der Waals surface area contributed by atoms with Gasteiger partial charge in [0.25, 0.3) is 5.91 Å². The summed E-state index contributed by atoms with van der Waals surface area (Å²) in [5.74, 6) is 0.0464. The van der Waals surface area contributed by atoms with Crippen molar-refractivity contribution < 1.29 is 9.59 Å². The lowest BCUT2D eigenvalue weighted by atomic mass is 10.0. The minimum absolute atomic E-state index is 0.0762. The molecule has 2 atom stereocenters. The Hall–Kier alpha value is -2.90. The second kappa shape index (κ2) is 6.57. The van der Waals surface area contributed by atoms with Crippen molar-refractivity contribution in [2.75, 3.05) is 13.1 Å². The topological polar surface area (TPSA) is 80.4 Å². The Balaban J connectivity index is 1.31. The van der Waals surface area contributed by atoms with Gasteiger partial charge in [-0.2, -0.15) is 5.10 Å². The molecule has 2 aromatic rings. The quantitative estimate of drug-likeness (QED) is 0.753. The van der Waals surface area contributed by atoms with Gasteiger partial charge < -0.3 is 14.4 Å². The summed E-state index contributed by atoms with van der Waals surface area (Å²) in [6.45, 7) is 2.23. The second-order valence-corrected chi connectivity index (χ2v) is 8.72. The normalized spacial score (nSPS) is 24.8. The molecular weight excluding hydrogens is 370 g/mol. The van der Waals surface area contributed by atoms with Gasteiger partial charge in [0.15, 0.2) is 0 Å². The Labute approximate surface area is 168 Å². The SMILES string of the molecule is Cn1cc(C(=O)N2CC[C@H]3[C@@H]2CC(=O)N3CC2(Cn3cccn3)CC2)ccc1=O. The van der Waals surface area contributed by atoms with Gasteiger partial charge in [0, 0.05) is 63.2 Å². The van der Waals surface area contributed by atoms with Crippen molar-refractivity contribution in [2.45, 2.75) is 44.3 Å². The molecule has 8 heteroatoms. The van der Waals surface area contributed by atoms with Crippen molar-refractivity contribution in [3.8, 4) is 0 Å². The molecule has 2 saturated heterocycles. The molecule has 3 fully saturated rings. The van der Waals surface area contributed by atoms with E-state index in [-0.39, 0.29) is 34.9 Å². The van der Waals surface area contributed by atoms with Gasteiger partial charge in [-0.1, -0.05) is 0 Å². The van der Waals surface area contributed by atoms with E-state index >= 15 is 0 Å². The van der Waals surface area contributed by atoms with E-state index in [1.54, 1.807) is 25.5 Å². The first kappa shape index (κ1) is 18.1. The summed E-state index contributed by atoms with van der Waals surface area (Å²) in [6, 6.07) is 4.93. The molecule has 0 bridgehead atoms. The molecule has 0 radical (unpaired) electrons. The Kier molecular flexibility index (Phi) is 4.11. The van der Waals surface area contributed by atoms with Crippen molar-refractivity contribution in [1.82, 2.24) is 24.1 Å². The second-order valence-electron chi connectivity index (χ2n) is 8.72. The van der Waals surface area contributed by atoms with Gasteiger partial charge in [-0.3, -0.25) is 19.1 Å². The molecule has 2 aromatic heterocycles. The molecule has 0 unspecified atom stereocenters. The number of fused-ring (bicyclic) bond motifs is 1. The number of hydrogen-bond acceptors (Lipinski definition) is 4. The van der Waals surface area contributed by atoms with E-state index in [2.05, 4.69) is 5.10 Å². The zero-order valence-electron chi connectivity index (χ0n) is 16.5. The number of hydrogen-bond donors (Lipinski definition) is 0. The van der Waals surface area contributed by atoms with Crippen LogP contribution in [0.15, 0.2) is 41.6 Å².